The third kappa shape index (κ3) is 7.59. The minimum atomic E-state index is -4.27. The number of sulfonamides is 1. The summed E-state index contributed by atoms with van der Waals surface area (Å²) in [6.07, 6.45) is 4.16. The van der Waals surface area contributed by atoms with Crippen LogP contribution in [0.3, 0.4) is 0 Å². The fraction of sp³-hybridized carbons (Fsp3) is 0.355. The van der Waals surface area contributed by atoms with E-state index >= 15 is 0 Å². The Bertz CT molecular complexity index is 1530. The topological polar surface area (TPSA) is 86.8 Å². The summed E-state index contributed by atoms with van der Waals surface area (Å²) in [7, 11) is -4.27. The van der Waals surface area contributed by atoms with E-state index in [2.05, 4.69) is 5.32 Å². The van der Waals surface area contributed by atoms with Crippen molar-refractivity contribution in [3.05, 3.63) is 92.9 Å². The molecule has 3 aromatic rings. The van der Waals surface area contributed by atoms with Crippen LogP contribution in [0, 0.1) is 6.92 Å². The molecule has 0 bridgehead atoms. The molecule has 1 aliphatic carbocycles. The molecule has 1 atom stereocenters. The predicted molar refractivity (Wildman–Crippen MR) is 169 cm³/mol. The van der Waals surface area contributed by atoms with E-state index in [4.69, 9.17) is 34.8 Å². The number of halogens is 3. The number of benzene rings is 3. The molecule has 0 saturated heterocycles. The third-order valence-electron chi connectivity index (χ3n) is 7.45. The Morgan fingerprint density at radius 1 is 0.952 bits per heavy atom. The van der Waals surface area contributed by atoms with Gasteiger partial charge in [0.1, 0.15) is 12.6 Å². The Hall–Kier alpha value is -2.78. The molecule has 1 aliphatic rings. The van der Waals surface area contributed by atoms with Gasteiger partial charge in [0.2, 0.25) is 11.8 Å². The first kappa shape index (κ1) is 32.1. The molecule has 42 heavy (non-hydrogen) atoms. The first-order valence-corrected chi connectivity index (χ1v) is 16.5. The molecule has 0 aromatic heterocycles. The van der Waals surface area contributed by atoms with Crippen LogP contribution < -0.4 is 9.62 Å². The zero-order valence-electron chi connectivity index (χ0n) is 23.5. The van der Waals surface area contributed by atoms with E-state index in [9.17, 15) is 18.0 Å². The van der Waals surface area contributed by atoms with Gasteiger partial charge in [0.25, 0.3) is 10.0 Å². The molecular weight excluding hydrogens is 617 g/mol. The number of aryl methyl sites for hydroxylation is 1. The van der Waals surface area contributed by atoms with Crippen LogP contribution in [0.15, 0.2) is 71.6 Å². The SMILES string of the molecule is CCC(C(=O)NC1CCCC1)N(Cc1ccccc1Cl)C(=O)CN(c1cc(Cl)ccc1Cl)S(=O)(=O)c1ccc(C)cc1. The molecule has 1 fully saturated rings. The summed E-state index contributed by atoms with van der Waals surface area (Å²) in [5.74, 6) is -0.867. The number of hydrogen-bond acceptors (Lipinski definition) is 4. The molecule has 0 aliphatic heterocycles. The lowest BCUT2D eigenvalue weighted by molar-refractivity contribution is -0.140. The second-order valence-electron chi connectivity index (χ2n) is 10.4. The number of carbonyl (C=O) groups is 2. The van der Waals surface area contributed by atoms with Gasteiger partial charge in [0.05, 0.1) is 15.6 Å². The van der Waals surface area contributed by atoms with Gasteiger partial charge in [-0.2, -0.15) is 0 Å². The lowest BCUT2D eigenvalue weighted by Crippen LogP contribution is -2.53. The lowest BCUT2D eigenvalue weighted by atomic mass is 10.1. The van der Waals surface area contributed by atoms with Crippen LogP contribution in [0.4, 0.5) is 5.69 Å². The molecule has 11 heteroatoms. The van der Waals surface area contributed by atoms with Crippen molar-refractivity contribution in [2.75, 3.05) is 10.8 Å². The summed E-state index contributed by atoms with van der Waals surface area (Å²) < 4.78 is 29.0. The first-order valence-electron chi connectivity index (χ1n) is 13.9. The van der Waals surface area contributed by atoms with E-state index in [0.29, 0.717) is 17.0 Å². The van der Waals surface area contributed by atoms with Crippen molar-refractivity contribution in [3.8, 4) is 0 Å². The predicted octanol–water partition coefficient (Wildman–Crippen LogP) is 7.02. The van der Waals surface area contributed by atoms with Crippen LogP contribution in [0.1, 0.15) is 50.2 Å². The standard InChI is InChI=1S/C31H34Cl3N3O4S/c1-3-28(31(39)35-24-9-5-6-10-24)36(19-22-8-4-7-11-26(22)33)30(38)20-37(29-18-23(32)14-17-27(29)34)42(40,41)25-15-12-21(2)13-16-25/h4,7-8,11-18,24,28H,3,5-6,9-10,19-20H2,1-2H3,(H,35,39). The zero-order chi connectivity index (χ0) is 30.4. The van der Waals surface area contributed by atoms with Gasteiger partial charge in [0, 0.05) is 22.6 Å². The quantitative estimate of drug-likeness (QED) is 0.242. The first-order chi connectivity index (χ1) is 20.0. The number of anilines is 1. The summed E-state index contributed by atoms with van der Waals surface area (Å²) >= 11 is 19.2. The molecule has 224 valence electrons. The highest BCUT2D eigenvalue weighted by Crippen LogP contribution is 2.33. The zero-order valence-corrected chi connectivity index (χ0v) is 26.6. The number of hydrogen-bond donors (Lipinski definition) is 1. The molecule has 1 unspecified atom stereocenters. The van der Waals surface area contributed by atoms with Crippen molar-refractivity contribution < 1.29 is 18.0 Å². The second-order valence-corrected chi connectivity index (χ2v) is 13.6. The largest absolute Gasteiger partial charge is 0.352 e. The van der Waals surface area contributed by atoms with Crippen LogP contribution in [0.5, 0.6) is 0 Å². The Kier molecular flexibility index (Phi) is 10.8. The van der Waals surface area contributed by atoms with Crippen molar-refractivity contribution in [1.82, 2.24) is 10.2 Å². The number of nitrogens with zero attached hydrogens (tertiary/aromatic N) is 2. The van der Waals surface area contributed by atoms with Gasteiger partial charge in [-0.3, -0.25) is 13.9 Å². The summed E-state index contributed by atoms with van der Waals surface area (Å²) in [4.78, 5) is 29.2. The van der Waals surface area contributed by atoms with Crippen LogP contribution >= 0.6 is 34.8 Å². The van der Waals surface area contributed by atoms with Gasteiger partial charge in [-0.1, -0.05) is 90.5 Å². The van der Waals surface area contributed by atoms with Crippen molar-refractivity contribution in [2.45, 2.75) is 69.5 Å². The molecule has 0 radical (unpaired) electrons. The third-order valence-corrected chi connectivity index (χ3v) is 10.1. The maximum Gasteiger partial charge on any atom is 0.264 e. The fourth-order valence-corrected chi connectivity index (χ4v) is 7.18. The molecule has 7 nitrogen and oxygen atoms in total. The van der Waals surface area contributed by atoms with Crippen molar-refractivity contribution in [1.29, 1.82) is 0 Å². The minimum absolute atomic E-state index is 0.0107. The second kappa shape index (κ2) is 14.1. The maximum atomic E-state index is 14.2. The Balaban J connectivity index is 1.75. The van der Waals surface area contributed by atoms with Gasteiger partial charge in [-0.05, 0) is 68.1 Å². The van der Waals surface area contributed by atoms with Gasteiger partial charge in [0.15, 0.2) is 0 Å². The Morgan fingerprint density at radius 2 is 1.62 bits per heavy atom. The number of nitrogens with one attached hydrogen (secondary N) is 1. The van der Waals surface area contributed by atoms with Crippen LogP contribution in [-0.2, 0) is 26.2 Å². The van der Waals surface area contributed by atoms with Crippen molar-refractivity contribution in [2.24, 2.45) is 0 Å². The van der Waals surface area contributed by atoms with E-state index < -0.39 is 28.5 Å². The smallest absolute Gasteiger partial charge is 0.264 e. The van der Waals surface area contributed by atoms with Crippen LogP contribution in [-0.4, -0.2) is 43.8 Å². The highest BCUT2D eigenvalue weighted by Gasteiger charge is 2.35. The van der Waals surface area contributed by atoms with Crippen LogP contribution in [0.2, 0.25) is 15.1 Å². The highest BCUT2D eigenvalue weighted by molar-refractivity contribution is 7.92. The van der Waals surface area contributed by atoms with E-state index in [1.54, 1.807) is 36.4 Å². The van der Waals surface area contributed by atoms with E-state index in [1.807, 2.05) is 13.8 Å². The number of amides is 2. The van der Waals surface area contributed by atoms with Crippen molar-refractivity contribution >= 4 is 62.3 Å². The van der Waals surface area contributed by atoms with Gasteiger partial charge < -0.3 is 10.2 Å². The molecule has 1 saturated carbocycles. The maximum absolute atomic E-state index is 14.2. The monoisotopic (exact) mass is 649 g/mol. The molecule has 4 rings (SSSR count). The van der Waals surface area contributed by atoms with Gasteiger partial charge in [-0.15, -0.1) is 0 Å². The molecule has 0 spiro atoms. The molecule has 2 amide bonds. The molecule has 1 N–H and O–H groups in total. The summed E-state index contributed by atoms with van der Waals surface area (Å²) in [6, 6.07) is 17.0. The Labute approximate surface area is 262 Å². The summed E-state index contributed by atoms with van der Waals surface area (Å²) in [5.41, 5.74) is 1.56. The molecule has 0 heterocycles. The van der Waals surface area contributed by atoms with E-state index in [0.717, 1.165) is 35.6 Å². The summed E-state index contributed by atoms with van der Waals surface area (Å²) in [5, 5.41) is 3.88. The highest BCUT2D eigenvalue weighted by atomic mass is 35.5. The van der Waals surface area contributed by atoms with Crippen molar-refractivity contribution in [3.63, 3.8) is 0 Å². The number of rotatable bonds is 11. The average Bonchev–Trinajstić information content (AvgIpc) is 3.47. The van der Waals surface area contributed by atoms with E-state index in [-0.39, 0.29) is 39.1 Å². The van der Waals surface area contributed by atoms with Gasteiger partial charge in [-0.25, -0.2) is 8.42 Å². The lowest BCUT2D eigenvalue weighted by Gasteiger charge is -2.34. The molecule has 3 aromatic carbocycles. The fourth-order valence-electron chi connectivity index (χ4n) is 5.12. The number of carbonyl (C=O) groups excluding carboxylic acids is 2. The molecular formula is C31H34Cl3N3O4S. The van der Waals surface area contributed by atoms with E-state index in [1.165, 1.54) is 35.2 Å². The van der Waals surface area contributed by atoms with Gasteiger partial charge >= 0.3 is 0 Å². The minimum Gasteiger partial charge on any atom is -0.352 e. The Morgan fingerprint density at radius 3 is 2.26 bits per heavy atom. The average molecular weight is 651 g/mol. The summed E-state index contributed by atoms with van der Waals surface area (Å²) in [6.45, 7) is 3.06. The normalized spacial score (nSPS) is 14.4. The van der Waals surface area contributed by atoms with Crippen LogP contribution in [0.25, 0.3) is 0 Å².